The molecule has 0 radical (unpaired) electrons. The summed E-state index contributed by atoms with van der Waals surface area (Å²) in [5.74, 6) is 0. The van der Waals surface area contributed by atoms with Gasteiger partial charge in [0.1, 0.15) is 0 Å². The Morgan fingerprint density at radius 2 is 1.79 bits per heavy atom. The zero-order valence-electron chi connectivity index (χ0n) is 11.5. The molecule has 0 aliphatic heterocycles. The molecular formula is C17H18BrI. The summed E-state index contributed by atoms with van der Waals surface area (Å²) in [6.45, 7) is 6.52. The fraction of sp³-hybridized carbons (Fsp3) is 0.294. The van der Waals surface area contributed by atoms with Crippen LogP contribution in [-0.2, 0) is 6.42 Å². The number of rotatable bonds is 3. The molecule has 0 fully saturated rings. The lowest BCUT2D eigenvalue weighted by molar-refractivity contribution is 0.928. The highest BCUT2D eigenvalue weighted by Crippen LogP contribution is 2.32. The van der Waals surface area contributed by atoms with Crippen molar-refractivity contribution in [2.75, 3.05) is 0 Å². The Labute approximate surface area is 137 Å². The third-order valence-electron chi connectivity index (χ3n) is 3.46. The van der Waals surface area contributed by atoms with Crippen LogP contribution in [0.3, 0.4) is 0 Å². The predicted molar refractivity (Wildman–Crippen MR) is 95.2 cm³/mol. The molecule has 0 N–H and O–H groups in total. The van der Waals surface area contributed by atoms with Gasteiger partial charge in [0, 0.05) is 8.40 Å². The molecule has 19 heavy (non-hydrogen) atoms. The van der Waals surface area contributed by atoms with Crippen molar-refractivity contribution in [3.63, 3.8) is 0 Å². The number of hydrogen-bond donors (Lipinski definition) is 0. The van der Waals surface area contributed by atoms with Crippen molar-refractivity contribution in [2.24, 2.45) is 0 Å². The van der Waals surface area contributed by atoms with Gasteiger partial charge in [-0.25, -0.2) is 0 Å². The first kappa shape index (κ1) is 15.0. The van der Waals surface area contributed by atoms with Gasteiger partial charge in [0.25, 0.3) is 0 Å². The van der Waals surface area contributed by atoms with E-state index in [1.807, 2.05) is 0 Å². The molecule has 100 valence electrons. The lowest BCUT2D eigenvalue weighted by atomic mass is 9.98. The molecule has 0 saturated carbocycles. The molecule has 2 aromatic rings. The lowest BCUT2D eigenvalue weighted by Crippen LogP contribution is -2.01. The highest BCUT2D eigenvalue weighted by Gasteiger charge is 2.14. The fourth-order valence-electron chi connectivity index (χ4n) is 2.24. The van der Waals surface area contributed by atoms with Crippen LogP contribution in [0.1, 0.15) is 32.6 Å². The standard InChI is InChI=1S/C17H18BrI/c1-11-7-8-12(2)14(9-11)10-16(18)15-6-4-5-13(3)17(15)19/h4-9,16H,10H2,1-3H3. The summed E-state index contributed by atoms with van der Waals surface area (Å²) in [6, 6.07) is 13.2. The van der Waals surface area contributed by atoms with Gasteiger partial charge in [-0.1, -0.05) is 57.9 Å². The largest absolute Gasteiger partial charge is 0.0835 e. The average Bonchev–Trinajstić information content (AvgIpc) is 2.37. The third-order valence-corrected chi connectivity index (χ3v) is 5.75. The maximum Gasteiger partial charge on any atom is 0.0446 e. The molecule has 0 spiro atoms. The van der Waals surface area contributed by atoms with Gasteiger partial charge in [-0.05, 0) is 72.0 Å². The van der Waals surface area contributed by atoms with E-state index in [2.05, 4.69) is 95.7 Å². The van der Waals surface area contributed by atoms with Crippen molar-refractivity contribution in [2.45, 2.75) is 32.0 Å². The number of benzene rings is 2. The van der Waals surface area contributed by atoms with E-state index < -0.39 is 0 Å². The number of hydrogen-bond acceptors (Lipinski definition) is 0. The first-order chi connectivity index (χ1) is 8.99. The van der Waals surface area contributed by atoms with E-state index >= 15 is 0 Å². The molecule has 0 bridgehead atoms. The van der Waals surface area contributed by atoms with E-state index in [4.69, 9.17) is 0 Å². The number of halogens is 2. The van der Waals surface area contributed by atoms with E-state index in [0.717, 1.165) is 6.42 Å². The van der Waals surface area contributed by atoms with Crippen LogP contribution in [0, 0.1) is 24.3 Å². The van der Waals surface area contributed by atoms with Gasteiger partial charge in [-0.2, -0.15) is 0 Å². The average molecular weight is 429 g/mol. The molecule has 0 aliphatic rings. The van der Waals surface area contributed by atoms with Crippen LogP contribution in [0.2, 0.25) is 0 Å². The monoisotopic (exact) mass is 428 g/mol. The first-order valence-corrected chi connectivity index (χ1v) is 8.43. The maximum atomic E-state index is 3.86. The summed E-state index contributed by atoms with van der Waals surface area (Å²) >= 11 is 6.31. The van der Waals surface area contributed by atoms with Gasteiger partial charge in [0.2, 0.25) is 0 Å². The lowest BCUT2D eigenvalue weighted by Gasteiger charge is -2.15. The van der Waals surface area contributed by atoms with Crippen LogP contribution < -0.4 is 0 Å². The van der Waals surface area contributed by atoms with Gasteiger partial charge < -0.3 is 0 Å². The van der Waals surface area contributed by atoms with Crippen LogP contribution in [-0.4, -0.2) is 0 Å². The van der Waals surface area contributed by atoms with E-state index in [-0.39, 0.29) is 0 Å². The van der Waals surface area contributed by atoms with Crippen LogP contribution in [0.15, 0.2) is 36.4 Å². The van der Waals surface area contributed by atoms with Gasteiger partial charge in [-0.15, -0.1) is 0 Å². The van der Waals surface area contributed by atoms with Crippen LogP contribution in [0.4, 0.5) is 0 Å². The topological polar surface area (TPSA) is 0 Å². The van der Waals surface area contributed by atoms with E-state index in [0.29, 0.717) is 4.83 Å². The van der Waals surface area contributed by atoms with Gasteiger partial charge >= 0.3 is 0 Å². The van der Waals surface area contributed by atoms with E-state index in [1.165, 1.54) is 31.4 Å². The SMILES string of the molecule is Cc1ccc(C)c(CC(Br)c2cccc(C)c2I)c1. The summed E-state index contributed by atoms with van der Waals surface area (Å²) in [7, 11) is 0. The first-order valence-electron chi connectivity index (χ1n) is 6.44. The Balaban J connectivity index is 2.28. The van der Waals surface area contributed by atoms with Gasteiger partial charge in [-0.3, -0.25) is 0 Å². The minimum absolute atomic E-state index is 0.375. The Kier molecular flexibility index (Phi) is 5.07. The Morgan fingerprint density at radius 3 is 2.53 bits per heavy atom. The van der Waals surface area contributed by atoms with Crippen molar-refractivity contribution >= 4 is 38.5 Å². The summed E-state index contributed by atoms with van der Waals surface area (Å²) in [6.07, 6.45) is 1.03. The van der Waals surface area contributed by atoms with Gasteiger partial charge in [0.15, 0.2) is 0 Å². The second-order valence-corrected chi connectivity index (χ2v) is 7.26. The van der Waals surface area contributed by atoms with Gasteiger partial charge in [0.05, 0.1) is 0 Å². The zero-order chi connectivity index (χ0) is 14.0. The van der Waals surface area contributed by atoms with Crippen molar-refractivity contribution in [3.8, 4) is 0 Å². The zero-order valence-corrected chi connectivity index (χ0v) is 15.2. The minimum atomic E-state index is 0.375. The predicted octanol–water partition coefficient (Wildman–Crippen LogP) is 5.90. The highest BCUT2D eigenvalue weighted by molar-refractivity contribution is 14.1. The van der Waals surface area contributed by atoms with Crippen LogP contribution in [0.5, 0.6) is 0 Å². The van der Waals surface area contributed by atoms with E-state index in [9.17, 15) is 0 Å². The van der Waals surface area contributed by atoms with Crippen LogP contribution in [0.25, 0.3) is 0 Å². The summed E-state index contributed by atoms with van der Waals surface area (Å²) in [4.78, 5) is 0.375. The molecule has 1 atom stereocenters. The second kappa shape index (κ2) is 6.40. The second-order valence-electron chi connectivity index (χ2n) is 5.08. The maximum absolute atomic E-state index is 3.86. The smallest absolute Gasteiger partial charge is 0.0446 e. The minimum Gasteiger partial charge on any atom is -0.0835 e. The number of alkyl halides is 1. The normalized spacial score (nSPS) is 12.5. The molecule has 1 unspecified atom stereocenters. The van der Waals surface area contributed by atoms with Crippen molar-refractivity contribution in [3.05, 3.63) is 67.8 Å². The molecule has 2 heteroatoms. The third kappa shape index (κ3) is 3.60. The summed E-state index contributed by atoms with van der Waals surface area (Å²) < 4.78 is 1.37. The molecule has 0 aliphatic carbocycles. The Hall–Kier alpha value is -0.350. The van der Waals surface area contributed by atoms with E-state index in [1.54, 1.807) is 0 Å². The van der Waals surface area contributed by atoms with Crippen molar-refractivity contribution in [1.29, 1.82) is 0 Å². The molecular weight excluding hydrogens is 411 g/mol. The summed E-state index contributed by atoms with van der Waals surface area (Å²) in [5.41, 5.74) is 6.88. The molecule has 0 heterocycles. The molecule has 0 nitrogen and oxygen atoms in total. The Morgan fingerprint density at radius 1 is 1.05 bits per heavy atom. The van der Waals surface area contributed by atoms with Crippen molar-refractivity contribution in [1.82, 2.24) is 0 Å². The van der Waals surface area contributed by atoms with Crippen molar-refractivity contribution < 1.29 is 0 Å². The fourth-order valence-corrected chi connectivity index (χ4v) is 4.13. The van der Waals surface area contributed by atoms with Crippen LogP contribution >= 0.6 is 38.5 Å². The molecule has 0 saturated heterocycles. The molecule has 0 aromatic heterocycles. The quantitative estimate of drug-likeness (QED) is 0.422. The summed E-state index contributed by atoms with van der Waals surface area (Å²) in [5, 5.41) is 0. The number of aryl methyl sites for hydroxylation is 3. The Bertz CT molecular complexity index is 590. The molecule has 2 rings (SSSR count). The molecule has 0 amide bonds. The highest BCUT2D eigenvalue weighted by atomic mass is 127. The molecule has 2 aromatic carbocycles.